The number of rotatable bonds is 6. The average Bonchev–Trinajstić information content (AvgIpc) is 2.88. The molecule has 1 aliphatic rings. The Labute approximate surface area is 126 Å². The fourth-order valence-corrected chi connectivity index (χ4v) is 2.69. The monoisotopic (exact) mass is 293 g/mol. The summed E-state index contributed by atoms with van der Waals surface area (Å²) in [6.45, 7) is 3.87. The van der Waals surface area contributed by atoms with E-state index in [0.717, 1.165) is 30.9 Å². The first kappa shape index (κ1) is 15.2. The molecule has 110 valence electrons. The number of nitrogens with two attached hydrogens (primary N) is 1. The van der Waals surface area contributed by atoms with E-state index in [9.17, 15) is 0 Å². The maximum absolute atomic E-state index is 5.83. The molecule has 0 saturated carbocycles. The summed E-state index contributed by atoms with van der Waals surface area (Å²) in [5, 5.41) is 0. The second-order valence-electron chi connectivity index (χ2n) is 5.42. The van der Waals surface area contributed by atoms with Crippen molar-refractivity contribution in [2.75, 3.05) is 40.3 Å². The molecule has 20 heavy (non-hydrogen) atoms. The minimum absolute atomic E-state index is 0.384. The highest BCUT2D eigenvalue weighted by atomic mass is 32.1. The van der Waals surface area contributed by atoms with E-state index in [1.807, 2.05) is 24.3 Å². The van der Waals surface area contributed by atoms with E-state index in [2.05, 4.69) is 23.9 Å². The van der Waals surface area contributed by atoms with Crippen molar-refractivity contribution in [3.63, 3.8) is 0 Å². The minimum Gasteiger partial charge on any atom is -0.492 e. The number of hydrogen-bond acceptors (Lipinski definition) is 4. The van der Waals surface area contributed by atoms with Crippen LogP contribution >= 0.6 is 12.2 Å². The third kappa shape index (κ3) is 3.91. The zero-order valence-electron chi connectivity index (χ0n) is 12.2. The van der Waals surface area contributed by atoms with Crippen LogP contribution in [0.15, 0.2) is 24.3 Å². The van der Waals surface area contributed by atoms with Crippen LogP contribution in [0.2, 0.25) is 0 Å². The van der Waals surface area contributed by atoms with Crippen LogP contribution < -0.4 is 10.5 Å². The van der Waals surface area contributed by atoms with Crippen LogP contribution in [0, 0.1) is 0 Å². The van der Waals surface area contributed by atoms with Gasteiger partial charge < -0.3 is 15.4 Å². The molecular formula is C15H23N3OS. The van der Waals surface area contributed by atoms with Crippen molar-refractivity contribution in [3.05, 3.63) is 29.8 Å². The Morgan fingerprint density at radius 2 is 2.20 bits per heavy atom. The van der Waals surface area contributed by atoms with Gasteiger partial charge >= 0.3 is 0 Å². The highest BCUT2D eigenvalue weighted by Crippen LogP contribution is 2.18. The van der Waals surface area contributed by atoms with E-state index in [0.29, 0.717) is 17.6 Å². The van der Waals surface area contributed by atoms with Crippen molar-refractivity contribution < 1.29 is 4.74 Å². The van der Waals surface area contributed by atoms with Gasteiger partial charge in [0, 0.05) is 19.1 Å². The predicted molar refractivity (Wildman–Crippen MR) is 86.4 cm³/mol. The maximum atomic E-state index is 5.83. The zero-order chi connectivity index (χ0) is 14.5. The summed E-state index contributed by atoms with van der Waals surface area (Å²) in [7, 11) is 4.28. The SMILES string of the molecule is CN(C)C1CCN(CCOc2ccccc2C(N)=S)C1. The molecule has 0 aromatic heterocycles. The van der Waals surface area contributed by atoms with Gasteiger partial charge in [-0.3, -0.25) is 4.90 Å². The van der Waals surface area contributed by atoms with Crippen LogP contribution in [0.1, 0.15) is 12.0 Å². The van der Waals surface area contributed by atoms with Gasteiger partial charge in [0.25, 0.3) is 0 Å². The third-order valence-corrected chi connectivity index (χ3v) is 4.02. The summed E-state index contributed by atoms with van der Waals surface area (Å²) >= 11 is 5.03. The van der Waals surface area contributed by atoms with Crippen molar-refractivity contribution in [1.29, 1.82) is 0 Å². The molecule has 1 saturated heterocycles. The summed E-state index contributed by atoms with van der Waals surface area (Å²) in [5.41, 5.74) is 6.51. The summed E-state index contributed by atoms with van der Waals surface area (Å²) in [5.74, 6) is 0.781. The van der Waals surface area contributed by atoms with Crippen LogP contribution in [0.25, 0.3) is 0 Å². The van der Waals surface area contributed by atoms with Crippen LogP contribution in [-0.2, 0) is 0 Å². The predicted octanol–water partition coefficient (Wildman–Crippen LogP) is 1.34. The lowest BCUT2D eigenvalue weighted by Gasteiger charge is -2.20. The molecule has 1 unspecified atom stereocenters. The Bertz CT molecular complexity index is 464. The number of para-hydroxylation sites is 1. The number of nitrogens with zero attached hydrogens (tertiary/aromatic N) is 2. The number of benzene rings is 1. The van der Waals surface area contributed by atoms with E-state index in [4.69, 9.17) is 22.7 Å². The zero-order valence-corrected chi connectivity index (χ0v) is 13.0. The Morgan fingerprint density at radius 1 is 1.45 bits per heavy atom. The molecule has 2 rings (SSSR count). The highest BCUT2D eigenvalue weighted by Gasteiger charge is 2.23. The van der Waals surface area contributed by atoms with E-state index >= 15 is 0 Å². The van der Waals surface area contributed by atoms with Gasteiger partial charge in [-0.05, 0) is 39.2 Å². The van der Waals surface area contributed by atoms with E-state index in [-0.39, 0.29) is 0 Å². The second kappa shape index (κ2) is 7.02. The third-order valence-electron chi connectivity index (χ3n) is 3.80. The first-order chi connectivity index (χ1) is 9.58. The van der Waals surface area contributed by atoms with Crippen LogP contribution in [0.3, 0.4) is 0 Å². The Balaban J connectivity index is 1.81. The summed E-state index contributed by atoms with van der Waals surface area (Å²) in [6, 6.07) is 8.34. The van der Waals surface area contributed by atoms with Gasteiger partial charge in [0.2, 0.25) is 0 Å². The van der Waals surface area contributed by atoms with E-state index in [1.54, 1.807) is 0 Å². The van der Waals surface area contributed by atoms with Crippen molar-refractivity contribution in [2.45, 2.75) is 12.5 Å². The average molecular weight is 293 g/mol. The highest BCUT2D eigenvalue weighted by molar-refractivity contribution is 7.80. The fourth-order valence-electron chi connectivity index (χ4n) is 2.52. The fraction of sp³-hybridized carbons (Fsp3) is 0.533. The normalized spacial score (nSPS) is 19.4. The van der Waals surface area contributed by atoms with Crippen LogP contribution in [0.4, 0.5) is 0 Å². The molecule has 1 fully saturated rings. The molecule has 5 heteroatoms. The Hall–Kier alpha value is -1.17. The smallest absolute Gasteiger partial charge is 0.129 e. The topological polar surface area (TPSA) is 41.7 Å². The molecule has 1 heterocycles. The molecule has 1 aromatic rings. The number of likely N-dealkylation sites (N-methyl/N-ethyl adjacent to an activating group) is 1. The standard InChI is InChI=1S/C15H23N3OS/c1-17(2)12-7-8-18(11-12)9-10-19-14-6-4-3-5-13(14)15(16)20/h3-6,12H,7-11H2,1-2H3,(H2,16,20). The van der Waals surface area contributed by atoms with Gasteiger partial charge in [-0.25, -0.2) is 0 Å². The first-order valence-electron chi connectivity index (χ1n) is 6.98. The number of hydrogen-bond donors (Lipinski definition) is 1. The summed E-state index contributed by atoms with van der Waals surface area (Å²) < 4.78 is 5.83. The molecule has 0 bridgehead atoms. The van der Waals surface area contributed by atoms with E-state index in [1.165, 1.54) is 6.42 Å². The van der Waals surface area contributed by atoms with Gasteiger partial charge in [0.15, 0.2) is 0 Å². The number of likely N-dealkylation sites (tertiary alicyclic amines) is 1. The molecule has 1 aliphatic heterocycles. The van der Waals surface area contributed by atoms with Crippen molar-refractivity contribution in [3.8, 4) is 5.75 Å². The van der Waals surface area contributed by atoms with Gasteiger partial charge in [0.05, 0.1) is 5.56 Å². The van der Waals surface area contributed by atoms with Crippen molar-refractivity contribution >= 4 is 17.2 Å². The van der Waals surface area contributed by atoms with Crippen molar-refractivity contribution in [2.24, 2.45) is 5.73 Å². The first-order valence-corrected chi connectivity index (χ1v) is 7.39. The quantitative estimate of drug-likeness (QED) is 0.802. The molecule has 1 aromatic carbocycles. The molecule has 0 spiro atoms. The van der Waals surface area contributed by atoms with Crippen LogP contribution in [0.5, 0.6) is 5.75 Å². The lowest BCUT2D eigenvalue weighted by atomic mass is 10.2. The van der Waals surface area contributed by atoms with Gasteiger partial charge in [0.1, 0.15) is 17.3 Å². The Morgan fingerprint density at radius 3 is 2.85 bits per heavy atom. The number of ether oxygens (including phenoxy) is 1. The lowest BCUT2D eigenvalue weighted by molar-refractivity contribution is 0.220. The molecule has 2 N–H and O–H groups in total. The van der Waals surface area contributed by atoms with Crippen molar-refractivity contribution in [1.82, 2.24) is 9.80 Å². The van der Waals surface area contributed by atoms with Gasteiger partial charge in [-0.2, -0.15) is 0 Å². The number of thiocarbonyl (C=S) groups is 1. The molecule has 0 amide bonds. The van der Waals surface area contributed by atoms with Crippen LogP contribution in [-0.4, -0.2) is 61.2 Å². The molecular weight excluding hydrogens is 270 g/mol. The maximum Gasteiger partial charge on any atom is 0.129 e. The van der Waals surface area contributed by atoms with E-state index < -0.39 is 0 Å². The summed E-state index contributed by atoms with van der Waals surface area (Å²) in [6.07, 6.45) is 1.23. The Kier molecular flexibility index (Phi) is 5.34. The summed E-state index contributed by atoms with van der Waals surface area (Å²) in [4.78, 5) is 5.12. The van der Waals surface area contributed by atoms with Gasteiger partial charge in [-0.15, -0.1) is 0 Å². The minimum atomic E-state index is 0.384. The molecule has 1 atom stereocenters. The second-order valence-corrected chi connectivity index (χ2v) is 5.86. The largest absolute Gasteiger partial charge is 0.492 e. The molecule has 4 nitrogen and oxygen atoms in total. The molecule has 0 radical (unpaired) electrons. The lowest BCUT2D eigenvalue weighted by Crippen LogP contribution is -2.33. The molecule has 0 aliphatic carbocycles. The van der Waals surface area contributed by atoms with Gasteiger partial charge in [-0.1, -0.05) is 24.4 Å².